The Kier molecular flexibility index (Phi) is 6.35. The number of ether oxygens (including phenoxy) is 1. The van der Waals surface area contributed by atoms with E-state index in [0.717, 1.165) is 29.8 Å². The third kappa shape index (κ3) is 4.49. The molecule has 1 fully saturated rings. The molecule has 2 aromatic rings. The van der Waals surface area contributed by atoms with Crippen LogP contribution in [0.2, 0.25) is 0 Å². The van der Waals surface area contributed by atoms with Crippen LogP contribution < -0.4 is 0 Å². The zero-order chi connectivity index (χ0) is 21.1. The van der Waals surface area contributed by atoms with E-state index in [0.29, 0.717) is 37.4 Å². The van der Waals surface area contributed by atoms with Crippen LogP contribution in [-0.2, 0) is 16.1 Å². The van der Waals surface area contributed by atoms with Crippen molar-refractivity contribution >= 4 is 11.9 Å². The highest BCUT2D eigenvalue weighted by Crippen LogP contribution is 2.24. The predicted molar refractivity (Wildman–Crippen MR) is 105 cm³/mol. The minimum absolute atomic E-state index is 0.160. The van der Waals surface area contributed by atoms with Gasteiger partial charge in [0, 0.05) is 25.3 Å². The number of hydrogen-bond donors (Lipinski definition) is 0. The van der Waals surface area contributed by atoms with Crippen LogP contribution in [0.5, 0.6) is 0 Å². The highest BCUT2D eigenvalue weighted by Gasteiger charge is 2.31. The maximum absolute atomic E-state index is 13.6. The number of carbonyl (C=O) groups excluding carboxylic acids is 2. The number of benzene rings is 1. The van der Waals surface area contributed by atoms with Gasteiger partial charge in [-0.1, -0.05) is 6.07 Å². The molecule has 1 amide bonds. The summed E-state index contributed by atoms with van der Waals surface area (Å²) in [7, 11) is 0. The smallest absolute Gasteiger partial charge is 0.310 e. The monoisotopic (exact) mass is 404 g/mol. The van der Waals surface area contributed by atoms with E-state index in [9.17, 15) is 18.4 Å². The Morgan fingerprint density at radius 1 is 1.17 bits per heavy atom. The summed E-state index contributed by atoms with van der Waals surface area (Å²) in [6, 6.07) is 5.65. The maximum atomic E-state index is 13.6. The fourth-order valence-electron chi connectivity index (χ4n) is 3.92. The van der Waals surface area contributed by atoms with Gasteiger partial charge in [-0.2, -0.15) is 0 Å². The first-order chi connectivity index (χ1) is 13.8. The zero-order valence-corrected chi connectivity index (χ0v) is 17.0. The Labute approximate surface area is 169 Å². The van der Waals surface area contributed by atoms with E-state index in [1.807, 2.05) is 24.5 Å². The van der Waals surface area contributed by atoms with Gasteiger partial charge >= 0.3 is 5.97 Å². The van der Waals surface area contributed by atoms with Crippen molar-refractivity contribution in [1.82, 2.24) is 9.47 Å². The van der Waals surface area contributed by atoms with E-state index < -0.39 is 11.6 Å². The molecule has 5 nitrogen and oxygen atoms in total. The maximum Gasteiger partial charge on any atom is 0.310 e. The number of aromatic nitrogens is 1. The van der Waals surface area contributed by atoms with Crippen LogP contribution in [0.3, 0.4) is 0 Å². The van der Waals surface area contributed by atoms with Crippen molar-refractivity contribution in [3.8, 4) is 0 Å². The fourth-order valence-corrected chi connectivity index (χ4v) is 3.92. The van der Waals surface area contributed by atoms with Crippen molar-refractivity contribution in [1.29, 1.82) is 0 Å². The summed E-state index contributed by atoms with van der Waals surface area (Å²) < 4.78 is 33.8. The van der Waals surface area contributed by atoms with Crippen LogP contribution >= 0.6 is 0 Å². The summed E-state index contributed by atoms with van der Waals surface area (Å²) in [5, 5.41) is 0. The molecule has 1 aromatic carbocycles. The molecule has 1 saturated heterocycles. The van der Waals surface area contributed by atoms with E-state index in [-0.39, 0.29) is 24.3 Å². The molecule has 1 aromatic heterocycles. The zero-order valence-electron chi connectivity index (χ0n) is 17.0. The van der Waals surface area contributed by atoms with E-state index in [1.54, 1.807) is 11.8 Å². The molecule has 156 valence electrons. The summed E-state index contributed by atoms with van der Waals surface area (Å²) in [6.45, 7) is 6.97. The normalized spacial score (nSPS) is 16.7. The first-order valence-electron chi connectivity index (χ1n) is 9.88. The molecule has 1 aliphatic heterocycles. The predicted octanol–water partition coefficient (Wildman–Crippen LogP) is 3.85. The van der Waals surface area contributed by atoms with Gasteiger partial charge in [0.2, 0.25) is 0 Å². The summed E-state index contributed by atoms with van der Waals surface area (Å²) in [6.07, 6.45) is 1.44. The molecular weight excluding hydrogens is 378 g/mol. The molecule has 7 heteroatoms. The van der Waals surface area contributed by atoms with Gasteiger partial charge in [0.25, 0.3) is 5.91 Å². The number of piperidine rings is 1. The van der Waals surface area contributed by atoms with Crippen LogP contribution in [0, 0.1) is 31.4 Å². The average molecular weight is 404 g/mol. The van der Waals surface area contributed by atoms with Gasteiger partial charge in [-0.05, 0) is 62.9 Å². The van der Waals surface area contributed by atoms with E-state index >= 15 is 0 Å². The van der Waals surface area contributed by atoms with Crippen LogP contribution in [0.15, 0.2) is 24.3 Å². The molecule has 0 spiro atoms. The Hall–Kier alpha value is -2.70. The summed E-state index contributed by atoms with van der Waals surface area (Å²) in [4.78, 5) is 27.1. The average Bonchev–Trinajstić information content (AvgIpc) is 2.97. The quantitative estimate of drug-likeness (QED) is 0.712. The number of carbonyl (C=O) groups is 2. The Bertz CT molecular complexity index is 923. The molecule has 0 aliphatic carbocycles. The van der Waals surface area contributed by atoms with Crippen molar-refractivity contribution in [3.63, 3.8) is 0 Å². The third-order valence-electron chi connectivity index (χ3n) is 5.35. The molecule has 1 atom stereocenters. The van der Waals surface area contributed by atoms with E-state index in [2.05, 4.69) is 0 Å². The number of likely N-dealkylation sites (tertiary alicyclic amines) is 1. The largest absolute Gasteiger partial charge is 0.466 e. The van der Waals surface area contributed by atoms with E-state index in [1.165, 1.54) is 6.07 Å². The van der Waals surface area contributed by atoms with Crippen LogP contribution in [0.4, 0.5) is 8.78 Å². The van der Waals surface area contributed by atoms with Crippen molar-refractivity contribution in [2.24, 2.45) is 5.92 Å². The molecule has 0 N–H and O–H groups in total. The first kappa shape index (κ1) is 21.0. The number of esters is 1. The standard InChI is InChI=1S/C22H26F2N2O3/c1-4-29-22(28)17-6-5-9-25(13-17)21(27)20-14(2)10-15(3)26(20)12-16-7-8-18(23)19(24)11-16/h7-8,10-11,17H,4-6,9,12-13H2,1-3H3/t17-/m0/s1. The summed E-state index contributed by atoms with van der Waals surface area (Å²) in [5.74, 6) is -2.56. The molecule has 1 aliphatic rings. The molecule has 0 bridgehead atoms. The molecule has 0 radical (unpaired) electrons. The SMILES string of the molecule is CCOC(=O)[C@H]1CCCN(C(=O)c2c(C)cc(C)n2Cc2ccc(F)c(F)c2)C1. The molecular formula is C22H26F2N2O3. The summed E-state index contributed by atoms with van der Waals surface area (Å²) >= 11 is 0. The lowest BCUT2D eigenvalue weighted by Crippen LogP contribution is -2.43. The van der Waals surface area contributed by atoms with Crippen molar-refractivity contribution in [2.45, 2.75) is 40.2 Å². The highest BCUT2D eigenvalue weighted by molar-refractivity contribution is 5.95. The van der Waals surface area contributed by atoms with Gasteiger partial charge < -0.3 is 14.2 Å². The first-order valence-corrected chi connectivity index (χ1v) is 9.88. The number of halogens is 2. The lowest BCUT2D eigenvalue weighted by atomic mass is 9.97. The lowest BCUT2D eigenvalue weighted by molar-refractivity contribution is -0.149. The van der Waals surface area contributed by atoms with Gasteiger partial charge in [-0.25, -0.2) is 8.78 Å². The molecule has 29 heavy (non-hydrogen) atoms. The van der Waals surface area contributed by atoms with Gasteiger partial charge in [0.1, 0.15) is 5.69 Å². The Balaban J connectivity index is 1.85. The van der Waals surface area contributed by atoms with E-state index in [4.69, 9.17) is 4.74 Å². The lowest BCUT2D eigenvalue weighted by Gasteiger charge is -2.32. The number of hydrogen-bond acceptors (Lipinski definition) is 3. The van der Waals surface area contributed by atoms with Crippen LogP contribution in [0.25, 0.3) is 0 Å². The molecule has 0 saturated carbocycles. The van der Waals surface area contributed by atoms with Crippen LogP contribution in [-0.4, -0.2) is 41.0 Å². The van der Waals surface area contributed by atoms with Gasteiger partial charge in [0.05, 0.1) is 12.5 Å². The number of rotatable bonds is 5. The second-order valence-corrected chi connectivity index (χ2v) is 7.49. The van der Waals surface area contributed by atoms with Gasteiger partial charge in [0.15, 0.2) is 11.6 Å². The molecule has 2 heterocycles. The topological polar surface area (TPSA) is 51.5 Å². The molecule has 0 unspecified atom stereocenters. The number of amides is 1. The highest BCUT2D eigenvalue weighted by atomic mass is 19.2. The van der Waals surface area contributed by atoms with Gasteiger partial charge in [-0.15, -0.1) is 0 Å². The molecule has 3 rings (SSSR count). The second-order valence-electron chi connectivity index (χ2n) is 7.49. The Morgan fingerprint density at radius 3 is 2.62 bits per heavy atom. The van der Waals surface area contributed by atoms with Crippen molar-refractivity contribution in [3.05, 3.63) is 58.4 Å². The van der Waals surface area contributed by atoms with Crippen LogP contribution in [0.1, 0.15) is 47.1 Å². The van der Waals surface area contributed by atoms with Crippen molar-refractivity contribution < 1.29 is 23.1 Å². The number of nitrogens with zero attached hydrogens (tertiary/aromatic N) is 2. The minimum Gasteiger partial charge on any atom is -0.466 e. The second kappa shape index (κ2) is 8.76. The fraction of sp³-hybridized carbons (Fsp3) is 0.455. The number of aryl methyl sites for hydroxylation is 2. The van der Waals surface area contributed by atoms with Gasteiger partial charge in [-0.3, -0.25) is 9.59 Å². The van der Waals surface area contributed by atoms with Crippen molar-refractivity contribution in [2.75, 3.05) is 19.7 Å². The summed E-state index contributed by atoms with van der Waals surface area (Å²) in [5.41, 5.74) is 2.75. The minimum atomic E-state index is -0.912. The third-order valence-corrected chi connectivity index (χ3v) is 5.35. The Morgan fingerprint density at radius 2 is 1.93 bits per heavy atom.